The lowest BCUT2D eigenvalue weighted by Gasteiger charge is -2.34. The summed E-state index contributed by atoms with van der Waals surface area (Å²) in [5.74, 6) is -1.33. The SMILES string of the molecule is CNC(=O)[C@H](Cc1ccccc1)NC(=O)C(CC(C)C)(NC(=O)Cc1ccccc1)SC(C)=O. The van der Waals surface area contributed by atoms with Crippen LogP contribution >= 0.6 is 11.8 Å². The molecule has 0 heterocycles. The number of nitrogens with one attached hydrogen (secondary N) is 3. The number of rotatable bonds is 11. The largest absolute Gasteiger partial charge is 0.357 e. The second-order valence-electron chi connectivity index (χ2n) is 8.56. The molecule has 0 aliphatic heterocycles. The van der Waals surface area contributed by atoms with Gasteiger partial charge in [-0.2, -0.15) is 0 Å². The number of benzene rings is 2. The Bertz CT molecular complexity index is 982. The van der Waals surface area contributed by atoms with E-state index in [9.17, 15) is 19.2 Å². The van der Waals surface area contributed by atoms with Gasteiger partial charge in [-0.1, -0.05) is 86.3 Å². The summed E-state index contributed by atoms with van der Waals surface area (Å²) in [7, 11) is 1.50. The first-order chi connectivity index (χ1) is 16.1. The van der Waals surface area contributed by atoms with Crippen LogP contribution < -0.4 is 16.0 Å². The van der Waals surface area contributed by atoms with Crippen molar-refractivity contribution < 1.29 is 19.2 Å². The highest BCUT2D eigenvalue weighted by atomic mass is 32.2. The van der Waals surface area contributed by atoms with E-state index in [2.05, 4.69) is 16.0 Å². The van der Waals surface area contributed by atoms with Gasteiger partial charge in [-0.15, -0.1) is 0 Å². The Morgan fingerprint density at radius 3 is 1.97 bits per heavy atom. The molecular weight excluding hydrogens is 450 g/mol. The summed E-state index contributed by atoms with van der Waals surface area (Å²) in [5.41, 5.74) is 1.66. The van der Waals surface area contributed by atoms with Crippen LogP contribution in [0.15, 0.2) is 60.7 Å². The van der Waals surface area contributed by atoms with Crippen LogP contribution in [0.3, 0.4) is 0 Å². The van der Waals surface area contributed by atoms with E-state index in [1.807, 2.05) is 74.5 Å². The number of carbonyl (C=O) groups excluding carboxylic acids is 4. The molecule has 0 saturated heterocycles. The maximum atomic E-state index is 13.7. The van der Waals surface area contributed by atoms with E-state index >= 15 is 0 Å². The lowest BCUT2D eigenvalue weighted by molar-refractivity contribution is -0.133. The van der Waals surface area contributed by atoms with Crippen molar-refractivity contribution in [3.8, 4) is 0 Å². The minimum atomic E-state index is -1.55. The maximum absolute atomic E-state index is 13.7. The molecule has 0 fully saturated rings. The molecule has 0 aromatic heterocycles. The van der Waals surface area contributed by atoms with Gasteiger partial charge in [0.25, 0.3) is 5.91 Å². The maximum Gasteiger partial charge on any atom is 0.257 e. The van der Waals surface area contributed by atoms with Gasteiger partial charge >= 0.3 is 0 Å². The summed E-state index contributed by atoms with van der Waals surface area (Å²) in [6, 6.07) is 17.6. The van der Waals surface area contributed by atoms with Gasteiger partial charge in [-0.3, -0.25) is 19.2 Å². The van der Waals surface area contributed by atoms with Crippen molar-refractivity contribution in [2.45, 2.75) is 50.9 Å². The third-order valence-corrected chi connectivity index (χ3v) is 6.17. The van der Waals surface area contributed by atoms with E-state index in [1.165, 1.54) is 14.0 Å². The summed E-state index contributed by atoms with van der Waals surface area (Å²) in [6.07, 6.45) is 0.553. The van der Waals surface area contributed by atoms with E-state index in [1.54, 1.807) is 0 Å². The average Bonchev–Trinajstić information content (AvgIpc) is 2.78. The minimum absolute atomic E-state index is 0.0119. The standard InChI is InChI=1S/C26H33N3O4S/c1-18(2)17-26(34-19(3)30,29-23(31)16-21-13-9-6-10-14-21)25(33)28-22(24(32)27-4)15-20-11-7-5-8-12-20/h5-14,18,22H,15-17H2,1-4H3,(H,27,32)(H,28,33)(H,29,31)/t22-,26?/m0/s1. The molecule has 34 heavy (non-hydrogen) atoms. The van der Waals surface area contributed by atoms with Gasteiger partial charge in [0.05, 0.1) is 6.42 Å². The molecule has 0 spiro atoms. The molecule has 7 nitrogen and oxygen atoms in total. The van der Waals surface area contributed by atoms with Crippen molar-refractivity contribution in [2.24, 2.45) is 5.92 Å². The molecule has 3 N–H and O–H groups in total. The highest BCUT2D eigenvalue weighted by molar-refractivity contribution is 8.15. The van der Waals surface area contributed by atoms with E-state index in [4.69, 9.17) is 0 Å². The topological polar surface area (TPSA) is 104 Å². The number of hydrogen-bond donors (Lipinski definition) is 3. The first-order valence-corrected chi connectivity index (χ1v) is 12.1. The normalized spacial score (nSPS) is 13.4. The van der Waals surface area contributed by atoms with Gasteiger partial charge in [0, 0.05) is 20.4 Å². The van der Waals surface area contributed by atoms with Crippen molar-refractivity contribution in [1.82, 2.24) is 16.0 Å². The van der Waals surface area contributed by atoms with Gasteiger partial charge in [0.1, 0.15) is 6.04 Å². The molecule has 2 aromatic carbocycles. The second kappa shape index (κ2) is 12.9. The van der Waals surface area contributed by atoms with Crippen molar-refractivity contribution in [3.05, 3.63) is 71.8 Å². The molecule has 2 aromatic rings. The molecule has 0 aliphatic carbocycles. The van der Waals surface area contributed by atoms with Crippen LogP contribution in [0.2, 0.25) is 0 Å². The molecule has 0 saturated carbocycles. The first-order valence-electron chi connectivity index (χ1n) is 11.3. The van der Waals surface area contributed by atoms with Gasteiger partial charge in [0.2, 0.25) is 11.8 Å². The fraction of sp³-hybridized carbons (Fsp3) is 0.385. The highest BCUT2D eigenvalue weighted by Gasteiger charge is 2.44. The first kappa shape index (κ1) is 27.1. The molecule has 8 heteroatoms. The second-order valence-corrected chi connectivity index (χ2v) is 10.0. The third kappa shape index (κ3) is 8.33. The van der Waals surface area contributed by atoms with Crippen molar-refractivity contribution >= 4 is 34.6 Å². The van der Waals surface area contributed by atoms with Crippen LogP contribution in [-0.2, 0) is 32.0 Å². The lowest BCUT2D eigenvalue weighted by Crippen LogP contribution is -2.61. The Morgan fingerprint density at radius 2 is 1.47 bits per heavy atom. The summed E-state index contributed by atoms with van der Waals surface area (Å²) in [6.45, 7) is 5.18. The van der Waals surface area contributed by atoms with Crippen LogP contribution in [-0.4, -0.2) is 40.8 Å². The zero-order chi connectivity index (χ0) is 25.1. The predicted molar refractivity (Wildman–Crippen MR) is 135 cm³/mol. The molecule has 3 amide bonds. The van der Waals surface area contributed by atoms with Crippen molar-refractivity contribution in [3.63, 3.8) is 0 Å². The third-order valence-electron chi connectivity index (χ3n) is 5.08. The van der Waals surface area contributed by atoms with Crippen molar-refractivity contribution in [1.29, 1.82) is 0 Å². The van der Waals surface area contributed by atoms with E-state index in [-0.39, 0.29) is 42.1 Å². The monoisotopic (exact) mass is 483 g/mol. The van der Waals surface area contributed by atoms with E-state index in [0.717, 1.165) is 22.9 Å². The molecule has 2 rings (SSSR count). The number of likely N-dealkylation sites (N-methyl/N-ethyl adjacent to an activating group) is 1. The van der Waals surface area contributed by atoms with Gasteiger partial charge in [0.15, 0.2) is 9.99 Å². The molecule has 0 aliphatic rings. The predicted octanol–water partition coefficient (Wildman–Crippen LogP) is 2.84. The quantitative estimate of drug-likeness (QED) is 0.427. The average molecular weight is 484 g/mol. The summed E-state index contributed by atoms with van der Waals surface area (Å²) in [4.78, 5) is 49.9. The smallest absolute Gasteiger partial charge is 0.257 e. The number of amides is 3. The van der Waals surface area contributed by atoms with Gasteiger partial charge in [-0.05, 0) is 23.5 Å². The Balaban J connectivity index is 2.33. The molecule has 0 bridgehead atoms. The van der Waals surface area contributed by atoms with Crippen molar-refractivity contribution in [2.75, 3.05) is 7.05 Å². The fourth-order valence-corrected chi connectivity index (χ4v) is 4.92. The summed E-state index contributed by atoms with van der Waals surface area (Å²) < 4.78 is 0. The Morgan fingerprint density at radius 1 is 0.912 bits per heavy atom. The minimum Gasteiger partial charge on any atom is -0.357 e. The van der Waals surface area contributed by atoms with E-state index in [0.29, 0.717) is 0 Å². The Kier molecular flexibility index (Phi) is 10.3. The van der Waals surface area contributed by atoms with Crippen LogP contribution in [0.4, 0.5) is 0 Å². The van der Waals surface area contributed by atoms with Gasteiger partial charge < -0.3 is 16.0 Å². The zero-order valence-electron chi connectivity index (χ0n) is 20.1. The molecular formula is C26H33N3O4S. The molecule has 182 valence electrons. The van der Waals surface area contributed by atoms with Crippen LogP contribution in [0.1, 0.15) is 38.3 Å². The number of hydrogen-bond acceptors (Lipinski definition) is 5. The summed E-state index contributed by atoms with van der Waals surface area (Å²) >= 11 is 0.775. The van der Waals surface area contributed by atoms with Crippen LogP contribution in [0.5, 0.6) is 0 Å². The van der Waals surface area contributed by atoms with Crippen LogP contribution in [0.25, 0.3) is 0 Å². The Labute approximate surface area is 205 Å². The Hall–Kier alpha value is -3.13. The molecule has 0 radical (unpaired) electrons. The van der Waals surface area contributed by atoms with Crippen LogP contribution in [0, 0.1) is 5.92 Å². The van der Waals surface area contributed by atoms with Gasteiger partial charge in [-0.25, -0.2) is 0 Å². The zero-order valence-corrected chi connectivity index (χ0v) is 20.9. The lowest BCUT2D eigenvalue weighted by atomic mass is 10.00. The number of thioether (sulfide) groups is 1. The molecule has 2 atom stereocenters. The highest BCUT2D eigenvalue weighted by Crippen LogP contribution is 2.31. The number of carbonyl (C=O) groups is 4. The molecule has 1 unspecified atom stereocenters. The van der Waals surface area contributed by atoms with E-state index < -0.39 is 16.8 Å². The fourth-order valence-electron chi connectivity index (χ4n) is 3.69. The summed E-state index contributed by atoms with van der Waals surface area (Å²) in [5, 5.41) is 7.90.